The number of fused-ring (bicyclic) bond motifs is 1. The van der Waals surface area contributed by atoms with Crippen molar-refractivity contribution in [3.8, 4) is 0 Å². The fourth-order valence-electron chi connectivity index (χ4n) is 3.60. The highest BCUT2D eigenvalue weighted by atomic mass is 16.5. The predicted octanol–water partition coefficient (Wildman–Crippen LogP) is 2.14. The van der Waals surface area contributed by atoms with Gasteiger partial charge in [0.1, 0.15) is 6.54 Å². The third kappa shape index (κ3) is 3.87. The van der Waals surface area contributed by atoms with Crippen LogP contribution in [0.15, 0.2) is 60.7 Å². The van der Waals surface area contributed by atoms with Gasteiger partial charge in [0.25, 0.3) is 17.7 Å². The van der Waals surface area contributed by atoms with Gasteiger partial charge in [0.15, 0.2) is 6.61 Å². The molecule has 2 heterocycles. The van der Waals surface area contributed by atoms with Gasteiger partial charge in [0.2, 0.25) is 0 Å². The van der Waals surface area contributed by atoms with Crippen LogP contribution in [0, 0.1) is 0 Å². The van der Waals surface area contributed by atoms with E-state index in [-0.39, 0.29) is 17.0 Å². The predicted molar refractivity (Wildman–Crippen MR) is 108 cm³/mol. The van der Waals surface area contributed by atoms with Crippen LogP contribution in [-0.4, -0.2) is 59.7 Å². The largest absolute Gasteiger partial charge is 0.454 e. The lowest BCUT2D eigenvalue weighted by Crippen LogP contribution is -2.39. The van der Waals surface area contributed by atoms with E-state index in [4.69, 9.17) is 4.74 Å². The van der Waals surface area contributed by atoms with Crippen LogP contribution >= 0.6 is 0 Å². The first-order valence-corrected chi connectivity index (χ1v) is 9.67. The van der Waals surface area contributed by atoms with Crippen LogP contribution in [0.4, 0.5) is 0 Å². The smallest absolute Gasteiger partial charge is 0.326 e. The molecular weight excluding hydrogens is 384 g/mol. The quantitative estimate of drug-likeness (QED) is 0.563. The summed E-state index contributed by atoms with van der Waals surface area (Å²) in [6.45, 7) is 0.0444. The second-order valence-corrected chi connectivity index (χ2v) is 7.09. The molecule has 0 atom stereocenters. The van der Waals surface area contributed by atoms with E-state index in [0.717, 1.165) is 16.9 Å². The first kappa shape index (κ1) is 19.6. The molecule has 0 saturated carbocycles. The molecule has 3 amide bonds. The topological polar surface area (TPSA) is 84.0 Å². The number of nitrogens with zero attached hydrogens (tertiary/aromatic N) is 2. The third-order valence-electron chi connectivity index (χ3n) is 5.23. The van der Waals surface area contributed by atoms with E-state index in [1.54, 1.807) is 17.0 Å². The normalized spacial score (nSPS) is 15.7. The Balaban J connectivity index is 1.28. The Bertz CT molecular complexity index is 1010. The standard InChI is InChI=1S/C23H20N2O5/c26-20(24-12-10-17(11-13-24)16-6-2-1-3-7-16)15-30-21(27)14-25-22(28)18-8-4-5-9-19(18)23(25)29/h1-10H,11-15H2. The van der Waals surface area contributed by atoms with Crippen LogP contribution in [-0.2, 0) is 14.3 Å². The molecule has 0 unspecified atom stereocenters. The summed E-state index contributed by atoms with van der Waals surface area (Å²) in [6, 6.07) is 16.4. The number of rotatable bonds is 5. The van der Waals surface area contributed by atoms with Crippen molar-refractivity contribution >= 4 is 29.3 Å². The van der Waals surface area contributed by atoms with Gasteiger partial charge >= 0.3 is 5.97 Å². The molecule has 0 fully saturated rings. The highest BCUT2D eigenvalue weighted by Gasteiger charge is 2.36. The van der Waals surface area contributed by atoms with Crippen molar-refractivity contribution in [2.45, 2.75) is 6.42 Å². The van der Waals surface area contributed by atoms with E-state index in [2.05, 4.69) is 0 Å². The zero-order valence-electron chi connectivity index (χ0n) is 16.2. The van der Waals surface area contributed by atoms with Crippen molar-refractivity contribution < 1.29 is 23.9 Å². The van der Waals surface area contributed by atoms with Gasteiger partial charge in [-0.15, -0.1) is 0 Å². The minimum atomic E-state index is -0.796. The van der Waals surface area contributed by atoms with E-state index >= 15 is 0 Å². The molecule has 0 aromatic heterocycles. The maximum absolute atomic E-state index is 12.4. The number of ether oxygens (including phenoxy) is 1. The molecule has 2 aromatic rings. The van der Waals surface area contributed by atoms with Crippen molar-refractivity contribution in [1.82, 2.24) is 9.80 Å². The summed E-state index contributed by atoms with van der Waals surface area (Å²) in [6.07, 6.45) is 2.72. The molecule has 30 heavy (non-hydrogen) atoms. The van der Waals surface area contributed by atoms with E-state index in [0.29, 0.717) is 13.1 Å². The fraction of sp³-hybridized carbons (Fsp3) is 0.217. The average molecular weight is 404 g/mol. The van der Waals surface area contributed by atoms with Crippen molar-refractivity contribution in [2.75, 3.05) is 26.2 Å². The minimum absolute atomic E-state index is 0.265. The number of esters is 1. The van der Waals surface area contributed by atoms with Gasteiger partial charge in [-0.1, -0.05) is 48.5 Å². The van der Waals surface area contributed by atoms with Gasteiger partial charge in [-0.3, -0.25) is 24.1 Å². The Morgan fingerprint density at radius 2 is 1.53 bits per heavy atom. The molecule has 2 aromatic carbocycles. The van der Waals surface area contributed by atoms with Crippen molar-refractivity contribution in [3.63, 3.8) is 0 Å². The number of amides is 3. The summed E-state index contributed by atoms with van der Waals surface area (Å²) < 4.78 is 5.03. The molecule has 0 radical (unpaired) electrons. The first-order chi connectivity index (χ1) is 14.5. The lowest BCUT2D eigenvalue weighted by Gasteiger charge is -2.26. The molecule has 7 nitrogen and oxygen atoms in total. The summed E-state index contributed by atoms with van der Waals surface area (Å²) >= 11 is 0. The Kier molecular flexibility index (Phi) is 5.43. The van der Waals surface area contributed by atoms with Gasteiger partial charge in [0.05, 0.1) is 11.1 Å². The van der Waals surface area contributed by atoms with Crippen LogP contribution in [0.3, 0.4) is 0 Å². The number of carbonyl (C=O) groups excluding carboxylic acids is 4. The van der Waals surface area contributed by atoms with Gasteiger partial charge in [-0.25, -0.2) is 0 Å². The van der Waals surface area contributed by atoms with Crippen LogP contribution in [0.1, 0.15) is 32.7 Å². The van der Waals surface area contributed by atoms with Gasteiger partial charge in [-0.2, -0.15) is 0 Å². The zero-order chi connectivity index (χ0) is 21.1. The molecule has 2 aliphatic heterocycles. The summed E-state index contributed by atoms with van der Waals surface area (Å²) in [5, 5.41) is 0. The fourth-order valence-corrected chi connectivity index (χ4v) is 3.60. The maximum Gasteiger partial charge on any atom is 0.326 e. The van der Waals surface area contributed by atoms with Crippen LogP contribution in [0.5, 0.6) is 0 Å². The number of benzene rings is 2. The molecular formula is C23H20N2O5. The Hall–Kier alpha value is -3.74. The zero-order valence-corrected chi connectivity index (χ0v) is 16.2. The summed E-state index contributed by atoms with van der Waals surface area (Å²) in [5.74, 6) is -2.17. The van der Waals surface area contributed by atoms with Crippen LogP contribution < -0.4 is 0 Å². The number of hydrogen-bond donors (Lipinski definition) is 0. The number of hydrogen-bond acceptors (Lipinski definition) is 5. The summed E-state index contributed by atoms with van der Waals surface area (Å²) in [5.41, 5.74) is 2.85. The van der Waals surface area contributed by atoms with Crippen molar-refractivity contribution in [2.24, 2.45) is 0 Å². The molecule has 0 spiro atoms. The van der Waals surface area contributed by atoms with Crippen LogP contribution in [0.2, 0.25) is 0 Å². The van der Waals surface area contributed by atoms with E-state index in [1.807, 2.05) is 36.4 Å². The van der Waals surface area contributed by atoms with Gasteiger partial charge in [-0.05, 0) is 29.7 Å². The Morgan fingerprint density at radius 1 is 0.900 bits per heavy atom. The van der Waals surface area contributed by atoms with Crippen molar-refractivity contribution in [3.05, 3.63) is 77.4 Å². The number of carbonyl (C=O) groups is 4. The van der Waals surface area contributed by atoms with E-state index < -0.39 is 30.9 Å². The monoisotopic (exact) mass is 404 g/mol. The van der Waals surface area contributed by atoms with E-state index in [1.165, 1.54) is 17.7 Å². The molecule has 152 valence electrons. The second-order valence-electron chi connectivity index (χ2n) is 7.09. The van der Waals surface area contributed by atoms with Crippen molar-refractivity contribution in [1.29, 1.82) is 0 Å². The van der Waals surface area contributed by atoms with Crippen LogP contribution in [0.25, 0.3) is 5.57 Å². The maximum atomic E-state index is 12.4. The highest BCUT2D eigenvalue weighted by molar-refractivity contribution is 6.22. The molecule has 0 aliphatic carbocycles. The molecule has 0 N–H and O–H groups in total. The lowest BCUT2D eigenvalue weighted by molar-refractivity contribution is -0.152. The lowest BCUT2D eigenvalue weighted by atomic mass is 10.00. The molecule has 2 aliphatic rings. The molecule has 7 heteroatoms. The van der Waals surface area contributed by atoms with E-state index in [9.17, 15) is 19.2 Å². The Morgan fingerprint density at radius 3 is 2.13 bits per heavy atom. The highest BCUT2D eigenvalue weighted by Crippen LogP contribution is 2.23. The SMILES string of the molecule is O=C(CN1C(=O)c2ccccc2C1=O)OCC(=O)N1CC=C(c2ccccc2)CC1. The van der Waals surface area contributed by atoms with Gasteiger partial charge in [0, 0.05) is 13.1 Å². The van der Waals surface area contributed by atoms with Gasteiger partial charge < -0.3 is 9.64 Å². The minimum Gasteiger partial charge on any atom is -0.454 e. The average Bonchev–Trinajstić information content (AvgIpc) is 3.03. The second kappa shape index (κ2) is 8.32. The first-order valence-electron chi connectivity index (χ1n) is 9.67. The molecule has 4 rings (SSSR count). The molecule has 0 saturated heterocycles. The number of imide groups is 1. The summed E-state index contributed by atoms with van der Waals surface area (Å²) in [7, 11) is 0. The third-order valence-corrected chi connectivity index (χ3v) is 5.23. The Labute approximate surface area is 173 Å². The molecule has 0 bridgehead atoms. The summed E-state index contributed by atoms with van der Waals surface area (Å²) in [4.78, 5) is 51.5.